The largest absolute Gasteiger partial charge is 0.440 e. The number of nitrogens with one attached hydrogen (secondary N) is 1. The van der Waals surface area contributed by atoms with Gasteiger partial charge in [-0.2, -0.15) is 0 Å². The van der Waals surface area contributed by atoms with Crippen LogP contribution in [0.25, 0.3) is 0 Å². The van der Waals surface area contributed by atoms with E-state index in [2.05, 4.69) is 10.3 Å². The van der Waals surface area contributed by atoms with Gasteiger partial charge in [0.05, 0.1) is 6.20 Å². The number of nitrogens with zero attached hydrogens (tertiary/aromatic N) is 1. The van der Waals surface area contributed by atoms with Crippen molar-refractivity contribution >= 4 is 11.8 Å². The van der Waals surface area contributed by atoms with E-state index in [0.29, 0.717) is 5.25 Å². The molecule has 1 aliphatic heterocycles. The average Bonchev–Trinajstić information content (AvgIpc) is 2.29. The third kappa shape index (κ3) is 1.17. The number of thioether (sulfide) groups is 1. The van der Waals surface area contributed by atoms with Crippen molar-refractivity contribution < 1.29 is 4.42 Å². The van der Waals surface area contributed by atoms with Crippen LogP contribution < -0.4 is 5.32 Å². The molecule has 2 heterocycles. The summed E-state index contributed by atoms with van der Waals surface area (Å²) in [5, 5.41) is 4.63. The minimum atomic E-state index is 0.665. The highest BCUT2D eigenvalue weighted by atomic mass is 32.2. The van der Waals surface area contributed by atoms with E-state index in [1.165, 1.54) is 0 Å². The van der Waals surface area contributed by atoms with Crippen molar-refractivity contribution in [3.8, 4) is 0 Å². The Kier molecular flexibility index (Phi) is 1.65. The molecule has 2 rings (SSSR count). The van der Waals surface area contributed by atoms with E-state index in [4.69, 9.17) is 4.42 Å². The minimum absolute atomic E-state index is 0.665. The Labute approximate surface area is 63.2 Å². The van der Waals surface area contributed by atoms with E-state index in [0.717, 1.165) is 18.3 Å². The molecular formula is C6H8N2OS. The second kappa shape index (κ2) is 2.64. The lowest BCUT2D eigenvalue weighted by Gasteiger charge is -2.24. The first-order chi connectivity index (χ1) is 4.95. The highest BCUT2D eigenvalue weighted by Crippen LogP contribution is 2.23. The quantitative estimate of drug-likeness (QED) is 0.685. The summed E-state index contributed by atoms with van der Waals surface area (Å²) in [5.41, 5.74) is 0. The topological polar surface area (TPSA) is 38.1 Å². The molecule has 1 fully saturated rings. The Morgan fingerprint density at radius 3 is 3.10 bits per heavy atom. The molecule has 0 saturated carbocycles. The Balaban J connectivity index is 1.90. The summed E-state index contributed by atoms with van der Waals surface area (Å²) in [6.45, 7) is 2.15. The fourth-order valence-corrected chi connectivity index (χ4v) is 1.68. The van der Waals surface area contributed by atoms with Gasteiger partial charge in [0.2, 0.25) is 0 Å². The lowest BCUT2D eigenvalue weighted by Crippen LogP contribution is -2.44. The summed E-state index contributed by atoms with van der Waals surface area (Å²) in [7, 11) is 0. The lowest BCUT2D eigenvalue weighted by atomic mass is 10.3. The normalized spacial score (nSPS) is 18.8. The second-order valence-electron chi connectivity index (χ2n) is 2.20. The van der Waals surface area contributed by atoms with Crippen LogP contribution in [-0.2, 0) is 0 Å². The molecule has 3 nitrogen and oxygen atoms in total. The maximum atomic E-state index is 5.06. The first kappa shape index (κ1) is 6.24. The first-order valence-electron chi connectivity index (χ1n) is 3.22. The first-order valence-corrected chi connectivity index (χ1v) is 4.10. The molecule has 0 aromatic carbocycles. The smallest absolute Gasteiger partial charge is 0.255 e. The SMILES string of the molecule is c1coc(SC2CNC2)n1. The van der Waals surface area contributed by atoms with Crippen LogP contribution in [0.3, 0.4) is 0 Å². The maximum Gasteiger partial charge on any atom is 0.255 e. The van der Waals surface area contributed by atoms with E-state index in [1.807, 2.05) is 0 Å². The molecule has 0 unspecified atom stereocenters. The predicted octanol–water partition coefficient (Wildman–Crippen LogP) is 0.738. The van der Waals surface area contributed by atoms with Gasteiger partial charge in [0.25, 0.3) is 5.22 Å². The number of hydrogen-bond acceptors (Lipinski definition) is 4. The third-order valence-corrected chi connectivity index (χ3v) is 2.49. The van der Waals surface area contributed by atoms with Crippen LogP contribution in [0, 0.1) is 0 Å². The van der Waals surface area contributed by atoms with Gasteiger partial charge in [0.15, 0.2) is 0 Å². The molecule has 0 spiro atoms. The summed E-state index contributed by atoms with van der Waals surface area (Å²) in [5.74, 6) is 0. The van der Waals surface area contributed by atoms with E-state index >= 15 is 0 Å². The predicted molar refractivity (Wildman–Crippen MR) is 39.0 cm³/mol. The highest BCUT2D eigenvalue weighted by molar-refractivity contribution is 7.99. The van der Waals surface area contributed by atoms with Crippen LogP contribution in [-0.4, -0.2) is 23.3 Å². The summed E-state index contributed by atoms with van der Waals surface area (Å²) in [6.07, 6.45) is 3.28. The van der Waals surface area contributed by atoms with Crippen molar-refractivity contribution in [3.05, 3.63) is 12.5 Å². The van der Waals surface area contributed by atoms with Gasteiger partial charge < -0.3 is 9.73 Å². The average molecular weight is 156 g/mol. The summed E-state index contributed by atoms with van der Waals surface area (Å²) < 4.78 is 5.06. The molecule has 4 heteroatoms. The monoisotopic (exact) mass is 156 g/mol. The zero-order valence-corrected chi connectivity index (χ0v) is 6.23. The van der Waals surface area contributed by atoms with Crippen molar-refractivity contribution in [1.82, 2.24) is 10.3 Å². The lowest BCUT2D eigenvalue weighted by molar-refractivity contribution is 0.448. The second-order valence-corrected chi connectivity index (χ2v) is 3.45. The number of hydrogen-bond donors (Lipinski definition) is 1. The molecule has 1 aromatic heterocycles. The van der Waals surface area contributed by atoms with Gasteiger partial charge in [-0.05, 0) is 0 Å². The van der Waals surface area contributed by atoms with Crippen LogP contribution in [0.15, 0.2) is 22.1 Å². The van der Waals surface area contributed by atoms with Gasteiger partial charge in [-0.15, -0.1) is 0 Å². The van der Waals surface area contributed by atoms with E-state index < -0.39 is 0 Å². The van der Waals surface area contributed by atoms with Gasteiger partial charge >= 0.3 is 0 Å². The van der Waals surface area contributed by atoms with Gasteiger partial charge in [-0.3, -0.25) is 0 Å². The maximum absolute atomic E-state index is 5.06. The fraction of sp³-hybridized carbons (Fsp3) is 0.500. The molecule has 10 heavy (non-hydrogen) atoms. The van der Waals surface area contributed by atoms with Crippen LogP contribution in [0.5, 0.6) is 0 Å². The molecular weight excluding hydrogens is 148 g/mol. The van der Waals surface area contributed by atoms with Crippen LogP contribution in [0.1, 0.15) is 0 Å². The summed E-state index contributed by atoms with van der Waals surface area (Å²) in [4.78, 5) is 4.01. The van der Waals surface area contributed by atoms with Crippen molar-refractivity contribution in [2.24, 2.45) is 0 Å². The van der Waals surface area contributed by atoms with Crippen LogP contribution in [0.2, 0.25) is 0 Å². The molecule has 1 N–H and O–H groups in total. The van der Waals surface area contributed by atoms with E-state index in [-0.39, 0.29) is 0 Å². The summed E-state index contributed by atoms with van der Waals surface area (Å²) >= 11 is 1.70. The standard InChI is InChI=1S/C6H8N2OS/c1-2-9-6(8-1)10-5-3-7-4-5/h1-2,5,7H,3-4H2. The molecule has 0 aliphatic carbocycles. The third-order valence-electron chi connectivity index (χ3n) is 1.42. The van der Waals surface area contributed by atoms with Crippen molar-refractivity contribution in [2.75, 3.05) is 13.1 Å². The van der Waals surface area contributed by atoms with Crippen molar-refractivity contribution in [2.45, 2.75) is 10.5 Å². The zero-order chi connectivity index (χ0) is 6.81. The fourth-order valence-electron chi connectivity index (χ4n) is 0.757. The molecule has 1 aromatic rings. The molecule has 0 bridgehead atoms. The Morgan fingerprint density at radius 2 is 2.60 bits per heavy atom. The van der Waals surface area contributed by atoms with Crippen molar-refractivity contribution in [3.63, 3.8) is 0 Å². The number of aromatic nitrogens is 1. The highest BCUT2D eigenvalue weighted by Gasteiger charge is 2.19. The molecule has 1 saturated heterocycles. The number of oxazole rings is 1. The van der Waals surface area contributed by atoms with Gasteiger partial charge in [-0.25, -0.2) is 4.98 Å². The minimum Gasteiger partial charge on any atom is -0.440 e. The zero-order valence-electron chi connectivity index (χ0n) is 5.41. The van der Waals surface area contributed by atoms with Crippen LogP contribution >= 0.6 is 11.8 Å². The van der Waals surface area contributed by atoms with Gasteiger partial charge in [0.1, 0.15) is 6.26 Å². The van der Waals surface area contributed by atoms with Gasteiger partial charge in [0, 0.05) is 18.3 Å². The molecule has 0 amide bonds. The van der Waals surface area contributed by atoms with E-state index in [1.54, 1.807) is 24.2 Å². The van der Waals surface area contributed by atoms with Crippen LogP contribution in [0.4, 0.5) is 0 Å². The molecule has 0 radical (unpaired) electrons. The molecule has 0 atom stereocenters. The summed E-state index contributed by atoms with van der Waals surface area (Å²) in [6, 6.07) is 0. The van der Waals surface area contributed by atoms with Gasteiger partial charge in [-0.1, -0.05) is 11.8 Å². The Morgan fingerprint density at radius 1 is 1.70 bits per heavy atom. The Bertz CT molecular complexity index is 196. The Hall–Kier alpha value is -0.480. The molecule has 1 aliphatic rings. The van der Waals surface area contributed by atoms with E-state index in [9.17, 15) is 0 Å². The molecule has 54 valence electrons. The number of rotatable bonds is 2. The van der Waals surface area contributed by atoms with Crippen molar-refractivity contribution in [1.29, 1.82) is 0 Å².